The molecule has 2 heteroatoms. The predicted molar refractivity (Wildman–Crippen MR) is 73.2 cm³/mol. The number of aryl methyl sites for hydroxylation is 1. The third-order valence-corrected chi connectivity index (χ3v) is 3.48. The zero-order valence-electron chi connectivity index (χ0n) is 10.9. The molecular weight excluding hydrogens is 224 g/mol. The fourth-order valence-electron chi connectivity index (χ4n) is 2.47. The van der Waals surface area contributed by atoms with Crippen molar-refractivity contribution in [2.45, 2.75) is 38.5 Å². The third-order valence-electron chi connectivity index (χ3n) is 3.48. The molecule has 0 saturated carbocycles. The van der Waals surface area contributed by atoms with E-state index < -0.39 is 0 Å². The van der Waals surface area contributed by atoms with Crippen LogP contribution >= 0.6 is 0 Å². The van der Waals surface area contributed by atoms with E-state index in [1.54, 1.807) is 0 Å². The fourth-order valence-corrected chi connectivity index (χ4v) is 2.47. The van der Waals surface area contributed by atoms with Crippen LogP contribution in [0.5, 0.6) is 0 Å². The number of hydrogen-bond donors (Lipinski definition) is 0. The largest absolute Gasteiger partial charge is 0.469 e. The number of rotatable bonds is 4. The first-order valence-corrected chi connectivity index (χ1v) is 6.65. The highest BCUT2D eigenvalue weighted by Gasteiger charge is 2.11. The van der Waals surface area contributed by atoms with E-state index in [0.29, 0.717) is 6.42 Å². The van der Waals surface area contributed by atoms with Crippen molar-refractivity contribution in [1.82, 2.24) is 0 Å². The molecule has 0 N–H and O–H groups in total. The molecule has 2 nitrogen and oxygen atoms in total. The molecule has 0 bridgehead atoms. The van der Waals surface area contributed by atoms with Crippen molar-refractivity contribution < 1.29 is 9.53 Å². The second-order valence-corrected chi connectivity index (χ2v) is 4.71. The Morgan fingerprint density at radius 3 is 2.83 bits per heavy atom. The molecule has 96 valence electrons. The van der Waals surface area contributed by atoms with E-state index in [9.17, 15) is 4.79 Å². The molecule has 0 unspecified atom stereocenters. The number of allylic oxidation sites excluding steroid dienone is 2. The van der Waals surface area contributed by atoms with Crippen molar-refractivity contribution in [2.24, 2.45) is 0 Å². The molecule has 1 aromatic carbocycles. The van der Waals surface area contributed by atoms with Gasteiger partial charge >= 0.3 is 5.97 Å². The molecule has 1 aliphatic carbocycles. The lowest BCUT2D eigenvalue weighted by Gasteiger charge is -2.16. The minimum atomic E-state index is -0.137. The zero-order valence-corrected chi connectivity index (χ0v) is 10.9. The minimum absolute atomic E-state index is 0.137. The van der Waals surface area contributed by atoms with Gasteiger partial charge in [0.1, 0.15) is 0 Å². The summed E-state index contributed by atoms with van der Waals surface area (Å²) in [5.41, 5.74) is 4.03. The molecule has 2 rings (SSSR count). The van der Waals surface area contributed by atoms with Gasteiger partial charge in [0.05, 0.1) is 7.11 Å². The van der Waals surface area contributed by atoms with E-state index in [1.807, 2.05) is 6.07 Å². The summed E-state index contributed by atoms with van der Waals surface area (Å²) in [6.45, 7) is 0. The van der Waals surface area contributed by atoms with E-state index in [-0.39, 0.29) is 5.97 Å². The van der Waals surface area contributed by atoms with Crippen molar-refractivity contribution in [2.75, 3.05) is 7.11 Å². The summed E-state index contributed by atoms with van der Waals surface area (Å²) in [5.74, 6) is -0.137. The van der Waals surface area contributed by atoms with E-state index in [2.05, 4.69) is 24.3 Å². The predicted octanol–water partition coefficient (Wildman–Crippen LogP) is 3.75. The molecule has 0 heterocycles. The molecule has 0 aliphatic heterocycles. The van der Waals surface area contributed by atoms with Gasteiger partial charge in [0.25, 0.3) is 0 Å². The summed E-state index contributed by atoms with van der Waals surface area (Å²) in [4.78, 5) is 11.2. The molecular formula is C16H20O2. The normalized spacial score (nSPS) is 15.1. The van der Waals surface area contributed by atoms with Crippen molar-refractivity contribution in [1.29, 1.82) is 0 Å². The number of ether oxygens (including phenoxy) is 1. The second kappa shape index (κ2) is 6.39. The highest BCUT2D eigenvalue weighted by Crippen LogP contribution is 2.29. The van der Waals surface area contributed by atoms with Crippen LogP contribution in [-0.4, -0.2) is 13.1 Å². The number of hydrogen-bond acceptors (Lipinski definition) is 2. The van der Waals surface area contributed by atoms with Crippen molar-refractivity contribution in [3.8, 4) is 0 Å². The Balaban J connectivity index is 2.14. The number of esters is 1. The maximum absolute atomic E-state index is 11.2. The number of carbonyl (C=O) groups excluding carboxylic acids is 1. The molecule has 0 saturated heterocycles. The summed E-state index contributed by atoms with van der Waals surface area (Å²) in [5, 5.41) is 0. The Morgan fingerprint density at radius 2 is 2.11 bits per heavy atom. The molecule has 0 aromatic heterocycles. The molecule has 1 aliphatic rings. The lowest BCUT2D eigenvalue weighted by Crippen LogP contribution is -2.04. The molecule has 0 amide bonds. The van der Waals surface area contributed by atoms with Crippen molar-refractivity contribution in [3.63, 3.8) is 0 Å². The van der Waals surface area contributed by atoms with Gasteiger partial charge in [-0.3, -0.25) is 4.79 Å². The lowest BCUT2D eigenvalue weighted by atomic mass is 9.89. The van der Waals surface area contributed by atoms with Crippen LogP contribution in [0.15, 0.2) is 30.3 Å². The average molecular weight is 244 g/mol. The van der Waals surface area contributed by atoms with Crippen molar-refractivity contribution in [3.05, 3.63) is 41.5 Å². The van der Waals surface area contributed by atoms with Gasteiger partial charge in [-0.1, -0.05) is 30.3 Å². The molecule has 18 heavy (non-hydrogen) atoms. The first-order valence-electron chi connectivity index (χ1n) is 6.65. The van der Waals surface area contributed by atoms with E-state index in [1.165, 1.54) is 43.1 Å². The summed E-state index contributed by atoms with van der Waals surface area (Å²) in [6.07, 6.45) is 8.49. The summed E-state index contributed by atoms with van der Waals surface area (Å²) < 4.78 is 4.70. The fraction of sp³-hybridized carbons (Fsp3) is 0.438. The molecule has 0 spiro atoms. The Kier molecular flexibility index (Phi) is 4.57. The van der Waals surface area contributed by atoms with Crippen LogP contribution in [0.4, 0.5) is 0 Å². The monoisotopic (exact) mass is 244 g/mol. The Labute approximate surface area is 109 Å². The average Bonchev–Trinajstić information content (AvgIpc) is 2.46. The zero-order chi connectivity index (χ0) is 12.8. The van der Waals surface area contributed by atoms with Gasteiger partial charge in [-0.2, -0.15) is 0 Å². The van der Waals surface area contributed by atoms with Crippen LogP contribution in [-0.2, 0) is 16.0 Å². The summed E-state index contributed by atoms with van der Waals surface area (Å²) >= 11 is 0. The molecule has 1 aromatic rings. The lowest BCUT2D eigenvalue weighted by molar-refractivity contribution is -0.140. The summed E-state index contributed by atoms with van der Waals surface area (Å²) in [7, 11) is 1.44. The van der Waals surface area contributed by atoms with Crippen LogP contribution in [0.25, 0.3) is 5.57 Å². The van der Waals surface area contributed by atoms with Crippen LogP contribution in [0.3, 0.4) is 0 Å². The molecule has 0 radical (unpaired) electrons. The van der Waals surface area contributed by atoms with Gasteiger partial charge in [-0.05, 0) is 48.8 Å². The molecule has 0 fully saturated rings. The van der Waals surface area contributed by atoms with Gasteiger partial charge in [-0.25, -0.2) is 0 Å². The number of methoxy groups -OCH3 is 1. The number of benzene rings is 1. The second-order valence-electron chi connectivity index (χ2n) is 4.71. The van der Waals surface area contributed by atoms with E-state index >= 15 is 0 Å². The Bertz CT molecular complexity index is 446. The topological polar surface area (TPSA) is 26.3 Å². The van der Waals surface area contributed by atoms with Gasteiger partial charge in [0, 0.05) is 6.42 Å². The van der Waals surface area contributed by atoms with Gasteiger partial charge in [0.15, 0.2) is 0 Å². The standard InChI is InChI=1S/C16H20O2/c1-18-16(17)12-11-14-9-5-6-10-15(14)13-7-3-2-4-8-13/h5-7,9-10H,2-4,8,11-12H2,1H3. The van der Waals surface area contributed by atoms with Crippen LogP contribution < -0.4 is 0 Å². The van der Waals surface area contributed by atoms with Crippen molar-refractivity contribution >= 4 is 11.5 Å². The third kappa shape index (κ3) is 3.22. The first kappa shape index (κ1) is 12.9. The molecule has 0 atom stereocenters. The minimum Gasteiger partial charge on any atom is -0.469 e. The van der Waals surface area contributed by atoms with Gasteiger partial charge < -0.3 is 4.74 Å². The quantitative estimate of drug-likeness (QED) is 0.754. The Hall–Kier alpha value is -1.57. The van der Waals surface area contributed by atoms with Crippen LogP contribution in [0.1, 0.15) is 43.2 Å². The van der Waals surface area contributed by atoms with E-state index in [4.69, 9.17) is 4.74 Å². The SMILES string of the molecule is COC(=O)CCc1ccccc1C1=CCCCC1. The Morgan fingerprint density at radius 1 is 1.28 bits per heavy atom. The first-order chi connectivity index (χ1) is 8.81. The smallest absolute Gasteiger partial charge is 0.305 e. The maximum atomic E-state index is 11.2. The van der Waals surface area contributed by atoms with Crippen LogP contribution in [0.2, 0.25) is 0 Å². The maximum Gasteiger partial charge on any atom is 0.305 e. The number of carbonyl (C=O) groups is 1. The van der Waals surface area contributed by atoms with Gasteiger partial charge in [-0.15, -0.1) is 0 Å². The van der Waals surface area contributed by atoms with E-state index in [0.717, 1.165) is 12.8 Å². The highest BCUT2D eigenvalue weighted by atomic mass is 16.5. The highest BCUT2D eigenvalue weighted by molar-refractivity contribution is 5.72. The van der Waals surface area contributed by atoms with Crippen LogP contribution in [0, 0.1) is 0 Å². The van der Waals surface area contributed by atoms with Gasteiger partial charge in [0.2, 0.25) is 0 Å². The summed E-state index contributed by atoms with van der Waals surface area (Å²) in [6, 6.07) is 8.41.